The summed E-state index contributed by atoms with van der Waals surface area (Å²) < 4.78 is 26.7. The monoisotopic (exact) mass is 458 g/mol. The maximum Gasteiger partial charge on any atom is 0.263 e. The first-order valence-electron chi connectivity index (χ1n) is 9.72. The van der Waals surface area contributed by atoms with E-state index in [1.165, 1.54) is 11.3 Å². The van der Waals surface area contributed by atoms with Gasteiger partial charge in [0.15, 0.2) is 23.0 Å². The van der Waals surface area contributed by atoms with Crippen molar-refractivity contribution in [3.05, 3.63) is 46.5 Å². The van der Waals surface area contributed by atoms with E-state index in [-0.39, 0.29) is 5.91 Å². The van der Waals surface area contributed by atoms with Gasteiger partial charge in [-0.3, -0.25) is 4.79 Å². The highest BCUT2D eigenvalue weighted by Gasteiger charge is 2.18. The highest BCUT2D eigenvalue weighted by molar-refractivity contribution is 7.17. The molecule has 9 heteroatoms. The fraction of sp³-hybridized carbons (Fsp3) is 0.304. The molecular formula is C23H26N2O6S. The van der Waals surface area contributed by atoms with Crippen molar-refractivity contribution in [2.45, 2.75) is 13.5 Å². The van der Waals surface area contributed by atoms with Gasteiger partial charge < -0.3 is 29.0 Å². The largest absolute Gasteiger partial charge is 0.493 e. The lowest BCUT2D eigenvalue weighted by molar-refractivity contribution is 0.0954. The molecule has 0 fully saturated rings. The number of carbonyl (C=O) groups is 1. The molecule has 0 atom stereocenters. The Bertz CT molecular complexity index is 1090. The molecule has 32 heavy (non-hydrogen) atoms. The molecule has 0 aliphatic heterocycles. The van der Waals surface area contributed by atoms with E-state index in [1.54, 1.807) is 47.7 Å². The van der Waals surface area contributed by atoms with Crippen LogP contribution in [0.5, 0.6) is 28.7 Å². The van der Waals surface area contributed by atoms with Crippen molar-refractivity contribution in [2.24, 2.45) is 0 Å². The van der Waals surface area contributed by atoms with E-state index in [0.29, 0.717) is 45.9 Å². The molecule has 1 aromatic heterocycles. The Hall–Kier alpha value is -3.46. The number of benzene rings is 2. The molecule has 0 bridgehead atoms. The Kier molecular flexibility index (Phi) is 7.42. The first-order chi connectivity index (χ1) is 15.4. The summed E-state index contributed by atoms with van der Waals surface area (Å²) in [6.07, 6.45) is 0. The summed E-state index contributed by atoms with van der Waals surface area (Å²) >= 11 is 1.32. The number of ether oxygens (including phenoxy) is 5. The van der Waals surface area contributed by atoms with Gasteiger partial charge in [0.25, 0.3) is 5.91 Å². The van der Waals surface area contributed by atoms with Gasteiger partial charge in [0.2, 0.25) is 5.75 Å². The lowest BCUT2D eigenvalue weighted by atomic mass is 10.1. The van der Waals surface area contributed by atoms with Gasteiger partial charge in [-0.15, -0.1) is 11.3 Å². The minimum absolute atomic E-state index is 0.208. The zero-order chi connectivity index (χ0) is 23.3. The van der Waals surface area contributed by atoms with Crippen LogP contribution in [0, 0.1) is 6.92 Å². The van der Waals surface area contributed by atoms with E-state index in [4.69, 9.17) is 23.7 Å². The molecule has 3 aromatic rings. The molecule has 8 nitrogen and oxygen atoms in total. The number of aryl methyl sites for hydroxylation is 1. The molecule has 3 rings (SSSR count). The average Bonchev–Trinajstić information content (AvgIpc) is 3.22. The van der Waals surface area contributed by atoms with Gasteiger partial charge in [-0.2, -0.15) is 0 Å². The molecule has 2 aromatic carbocycles. The van der Waals surface area contributed by atoms with Crippen LogP contribution in [0.2, 0.25) is 0 Å². The molecule has 0 aliphatic rings. The van der Waals surface area contributed by atoms with Gasteiger partial charge in [-0.1, -0.05) is 0 Å². The second-order valence-corrected chi connectivity index (χ2v) is 7.72. The lowest BCUT2D eigenvalue weighted by Gasteiger charge is -2.14. The van der Waals surface area contributed by atoms with Crippen molar-refractivity contribution in [1.82, 2.24) is 10.3 Å². The smallest absolute Gasteiger partial charge is 0.263 e. The number of rotatable bonds is 9. The van der Waals surface area contributed by atoms with Crippen LogP contribution in [-0.2, 0) is 6.54 Å². The highest BCUT2D eigenvalue weighted by Crippen LogP contribution is 2.38. The van der Waals surface area contributed by atoms with E-state index in [0.717, 1.165) is 16.1 Å². The average molecular weight is 459 g/mol. The minimum atomic E-state index is -0.208. The summed E-state index contributed by atoms with van der Waals surface area (Å²) in [5, 5.41) is 3.66. The number of methoxy groups -OCH3 is 5. The molecule has 0 radical (unpaired) electrons. The Balaban J connectivity index is 1.79. The summed E-state index contributed by atoms with van der Waals surface area (Å²) in [4.78, 5) is 18.0. The van der Waals surface area contributed by atoms with Crippen molar-refractivity contribution in [3.8, 4) is 39.3 Å². The Morgan fingerprint density at radius 1 is 0.875 bits per heavy atom. The molecule has 0 unspecified atom stereocenters. The molecular weight excluding hydrogens is 432 g/mol. The van der Waals surface area contributed by atoms with E-state index < -0.39 is 0 Å². The molecule has 170 valence electrons. The zero-order valence-electron chi connectivity index (χ0n) is 18.9. The van der Waals surface area contributed by atoms with Gasteiger partial charge in [-0.25, -0.2) is 4.98 Å². The molecule has 1 amide bonds. The van der Waals surface area contributed by atoms with Crippen molar-refractivity contribution >= 4 is 17.2 Å². The van der Waals surface area contributed by atoms with Gasteiger partial charge >= 0.3 is 0 Å². The van der Waals surface area contributed by atoms with Crippen molar-refractivity contribution < 1.29 is 28.5 Å². The Morgan fingerprint density at radius 2 is 1.50 bits per heavy atom. The molecule has 0 spiro atoms. The van der Waals surface area contributed by atoms with Crippen LogP contribution >= 0.6 is 11.3 Å². The van der Waals surface area contributed by atoms with E-state index >= 15 is 0 Å². The number of nitrogens with one attached hydrogen (secondary N) is 1. The fourth-order valence-corrected chi connectivity index (χ4v) is 4.18. The minimum Gasteiger partial charge on any atom is -0.493 e. The fourth-order valence-electron chi connectivity index (χ4n) is 3.20. The topological polar surface area (TPSA) is 88.1 Å². The van der Waals surface area contributed by atoms with Gasteiger partial charge in [0, 0.05) is 12.1 Å². The summed E-state index contributed by atoms with van der Waals surface area (Å²) in [6, 6.07) is 9.15. The lowest BCUT2D eigenvalue weighted by Crippen LogP contribution is -2.22. The van der Waals surface area contributed by atoms with Gasteiger partial charge in [0.05, 0.1) is 41.2 Å². The van der Waals surface area contributed by atoms with Crippen molar-refractivity contribution in [1.29, 1.82) is 0 Å². The number of hydrogen-bond acceptors (Lipinski definition) is 8. The maximum atomic E-state index is 12.9. The molecule has 1 heterocycles. The van der Waals surface area contributed by atoms with Crippen LogP contribution in [0.15, 0.2) is 30.3 Å². The van der Waals surface area contributed by atoms with E-state index in [1.807, 2.05) is 25.1 Å². The quantitative estimate of drug-likeness (QED) is 0.517. The molecule has 0 saturated carbocycles. The standard InChI is InChI=1S/C23H26N2O6S/c1-13-21(32-23(25-13)15-7-8-16(27-2)17(11-15)28-3)22(26)24-12-14-9-18(29-4)20(31-6)19(10-14)30-5/h7-11H,12H2,1-6H3,(H,24,26). The summed E-state index contributed by atoms with van der Waals surface area (Å²) in [6.45, 7) is 2.10. The summed E-state index contributed by atoms with van der Waals surface area (Å²) in [5.41, 5.74) is 2.32. The third kappa shape index (κ3) is 4.72. The zero-order valence-corrected chi connectivity index (χ0v) is 19.7. The van der Waals surface area contributed by atoms with Crippen LogP contribution in [0.25, 0.3) is 10.6 Å². The van der Waals surface area contributed by atoms with Gasteiger partial charge in [-0.05, 0) is 42.8 Å². The molecule has 0 aliphatic carbocycles. The third-order valence-corrected chi connectivity index (χ3v) is 6.02. The maximum absolute atomic E-state index is 12.9. The number of aromatic nitrogens is 1. The Labute approximate surface area is 191 Å². The van der Waals surface area contributed by atoms with E-state index in [9.17, 15) is 4.79 Å². The number of nitrogens with zero attached hydrogens (tertiary/aromatic N) is 1. The number of carbonyl (C=O) groups excluding carboxylic acids is 1. The third-order valence-electron chi connectivity index (χ3n) is 4.81. The van der Waals surface area contributed by atoms with Crippen LogP contribution in [0.4, 0.5) is 0 Å². The summed E-state index contributed by atoms with van der Waals surface area (Å²) in [5.74, 6) is 2.59. The SMILES string of the molecule is COc1ccc(-c2nc(C)c(C(=O)NCc3cc(OC)c(OC)c(OC)c3)s2)cc1OC. The second kappa shape index (κ2) is 10.2. The first-order valence-corrected chi connectivity index (χ1v) is 10.5. The summed E-state index contributed by atoms with van der Waals surface area (Å²) in [7, 11) is 7.81. The number of amides is 1. The van der Waals surface area contributed by atoms with Crippen LogP contribution < -0.4 is 29.0 Å². The normalized spacial score (nSPS) is 10.4. The van der Waals surface area contributed by atoms with Crippen molar-refractivity contribution in [3.63, 3.8) is 0 Å². The van der Waals surface area contributed by atoms with Crippen molar-refractivity contribution in [2.75, 3.05) is 35.5 Å². The van der Waals surface area contributed by atoms with Crippen LogP contribution in [-0.4, -0.2) is 46.4 Å². The molecule has 1 N–H and O–H groups in total. The molecule has 0 saturated heterocycles. The van der Waals surface area contributed by atoms with Gasteiger partial charge in [0.1, 0.15) is 9.88 Å². The first kappa shape index (κ1) is 23.2. The predicted molar refractivity (Wildman–Crippen MR) is 123 cm³/mol. The van der Waals surface area contributed by atoms with Crippen LogP contribution in [0.3, 0.4) is 0 Å². The second-order valence-electron chi connectivity index (χ2n) is 6.72. The Morgan fingerprint density at radius 3 is 2.06 bits per heavy atom. The predicted octanol–water partition coefficient (Wildman–Crippen LogP) is 4.09. The number of hydrogen-bond donors (Lipinski definition) is 1. The van der Waals surface area contributed by atoms with E-state index in [2.05, 4.69) is 10.3 Å². The van der Waals surface area contributed by atoms with Crippen LogP contribution in [0.1, 0.15) is 20.9 Å². The highest BCUT2D eigenvalue weighted by atomic mass is 32.1. The number of thiazole rings is 1.